The van der Waals surface area contributed by atoms with E-state index < -0.39 is 0 Å². The van der Waals surface area contributed by atoms with Crippen LogP contribution in [-0.2, 0) is 11.3 Å². The van der Waals surface area contributed by atoms with E-state index in [-0.39, 0.29) is 5.88 Å². The third kappa shape index (κ3) is 4.76. The number of anilines is 1. The van der Waals surface area contributed by atoms with Gasteiger partial charge in [0.05, 0.1) is 22.4 Å². The summed E-state index contributed by atoms with van der Waals surface area (Å²) < 4.78 is 5.67. The number of ether oxygens (including phenoxy) is 1. The molecule has 4 rings (SSSR count). The molecule has 0 unspecified atom stereocenters. The molecule has 3 aromatic rings. The maximum Gasteiger partial charge on any atom is 0.248 e. The van der Waals surface area contributed by atoms with Crippen molar-refractivity contribution in [2.75, 3.05) is 19.0 Å². The molecule has 0 aliphatic carbocycles. The molecule has 1 aliphatic heterocycles. The number of rotatable bonds is 5. The molecule has 0 atom stereocenters. The van der Waals surface area contributed by atoms with Crippen LogP contribution in [0.1, 0.15) is 22.9 Å². The summed E-state index contributed by atoms with van der Waals surface area (Å²) >= 11 is 7.55. The molecule has 1 aromatic heterocycles. The number of guanidine groups is 1. The van der Waals surface area contributed by atoms with Gasteiger partial charge in [-0.05, 0) is 42.0 Å². The highest BCUT2D eigenvalue weighted by Crippen LogP contribution is 2.29. The number of hydrogen-bond donors (Lipinski definition) is 2. The number of nitrogens with one attached hydrogen (secondary N) is 1. The van der Waals surface area contributed by atoms with Gasteiger partial charge in [0, 0.05) is 18.6 Å². The largest absolute Gasteiger partial charge is 0.492 e. The minimum atomic E-state index is -0.0341. The van der Waals surface area contributed by atoms with Gasteiger partial charge in [-0.2, -0.15) is 9.98 Å². The maximum atomic E-state index is 10.3. The molecule has 158 valence electrons. The van der Waals surface area contributed by atoms with Gasteiger partial charge in [0.25, 0.3) is 0 Å². The molecular formula is C22H20ClN5O2S. The second-order valence-electron chi connectivity index (χ2n) is 6.56. The average Bonchev–Trinajstić information content (AvgIpc) is 3.12. The number of hydrogen-bond acceptors (Lipinski definition) is 6. The summed E-state index contributed by atoms with van der Waals surface area (Å²) in [6, 6.07) is 13.3. The van der Waals surface area contributed by atoms with Gasteiger partial charge in [0.15, 0.2) is 5.13 Å². The Labute approximate surface area is 188 Å². The predicted molar refractivity (Wildman–Crippen MR) is 125 cm³/mol. The molecule has 2 heterocycles. The number of nitrogens with zero attached hydrogens (tertiary/aromatic N) is 4. The lowest BCUT2D eigenvalue weighted by molar-refractivity contribution is 0.328. The van der Waals surface area contributed by atoms with E-state index in [4.69, 9.17) is 16.3 Å². The molecule has 9 heteroatoms. The van der Waals surface area contributed by atoms with Crippen molar-refractivity contribution < 1.29 is 9.84 Å². The lowest BCUT2D eigenvalue weighted by Gasteiger charge is -2.11. The van der Waals surface area contributed by atoms with Gasteiger partial charge in [0.2, 0.25) is 17.7 Å². The molecular weight excluding hydrogens is 434 g/mol. The number of halogens is 1. The first kappa shape index (κ1) is 21.0. The lowest BCUT2D eigenvalue weighted by atomic mass is 10.1. The Morgan fingerprint density at radius 2 is 2.06 bits per heavy atom. The maximum absolute atomic E-state index is 10.3. The van der Waals surface area contributed by atoms with Crippen molar-refractivity contribution in [1.29, 1.82) is 0 Å². The zero-order chi connectivity index (χ0) is 21.8. The molecule has 0 spiro atoms. The van der Waals surface area contributed by atoms with Crippen LogP contribution in [0.3, 0.4) is 0 Å². The Morgan fingerprint density at radius 1 is 1.23 bits per heavy atom. The van der Waals surface area contributed by atoms with Gasteiger partial charge in [-0.15, -0.1) is 0 Å². The van der Waals surface area contributed by atoms with Crippen LogP contribution >= 0.6 is 22.9 Å². The molecule has 0 radical (unpaired) electrons. The molecule has 31 heavy (non-hydrogen) atoms. The van der Waals surface area contributed by atoms with Crippen molar-refractivity contribution in [2.24, 2.45) is 15.0 Å². The van der Waals surface area contributed by atoms with E-state index in [0.29, 0.717) is 40.0 Å². The summed E-state index contributed by atoms with van der Waals surface area (Å²) in [5, 5.41) is 16.4. The number of aliphatic imine (C=N–C) groups is 2. The minimum Gasteiger partial charge on any atom is -0.492 e. The van der Waals surface area contributed by atoms with Crippen LogP contribution in [-0.4, -0.2) is 35.6 Å². The van der Waals surface area contributed by atoms with Gasteiger partial charge in [-0.3, -0.25) is 4.99 Å². The van der Waals surface area contributed by atoms with Gasteiger partial charge < -0.3 is 15.2 Å². The monoisotopic (exact) mass is 453 g/mol. The van der Waals surface area contributed by atoms with Crippen molar-refractivity contribution in [1.82, 2.24) is 4.98 Å². The van der Waals surface area contributed by atoms with Crippen LogP contribution in [0.25, 0.3) is 6.08 Å². The van der Waals surface area contributed by atoms with Crippen molar-refractivity contribution in [3.05, 3.63) is 74.1 Å². The van der Waals surface area contributed by atoms with Gasteiger partial charge >= 0.3 is 0 Å². The van der Waals surface area contributed by atoms with Crippen LogP contribution in [0.5, 0.6) is 5.88 Å². The van der Waals surface area contributed by atoms with Crippen molar-refractivity contribution in [2.45, 2.75) is 13.5 Å². The van der Waals surface area contributed by atoms with Crippen molar-refractivity contribution >= 4 is 46.0 Å². The number of benzene rings is 2. The number of fused-ring (bicyclic) bond motifs is 1. The summed E-state index contributed by atoms with van der Waals surface area (Å²) in [5.74, 6) is 0.828. The fourth-order valence-electron chi connectivity index (χ4n) is 3.00. The SMILES string of the molecule is CCOC1=NC(=NC)N=c2ccc(=Cc3sc(NCc4ccccc4Cl)nc3O)cc21. The Morgan fingerprint density at radius 3 is 2.84 bits per heavy atom. The summed E-state index contributed by atoms with van der Waals surface area (Å²) in [4.78, 5) is 17.7. The summed E-state index contributed by atoms with van der Waals surface area (Å²) in [6.07, 6.45) is 1.86. The second kappa shape index (κ2) is 9.28. The topological polar surface area (TPSA) is 91.5 Å². The molecule has 0 saturated heterocycles. The highest BCUT2D eigenvalue weighted by atomic mass is 35.5. The molecule has 0 amide bonds. The molecule has 2 N–H and O–H groups in total. The van der Waals surface area contributed by atoms with Gasteiger partial charge in [0.1, 0.15) is 0 Å². The van der Waals surface area contributed by atoms with Crippen molar-refractivity contribution in [3.63, 3.8) is 0 Å². The van der Waals surface area contributed by atoms with Crippen molar-refractivity contribution in [3.8, 4) is 5.88 Å². The first-order chi connectivity index (χ1) is 15.1. The standard InChI is InChI=1S/C22H20ClN5O2S/c1-3-30-20-15-10-13(8-9-17(15)26-21(24-2)28-20)11-18-19(29)27-22(31-18)25-12-14-6-4-5-7-16(14)23/h4-11,29H,3,12H2,1-2H3,(H,25,27). The number of aromatic nitrogens is 1. The van der Waals surface area contributed by atoms with Crippen LogP contribution < -0.4 is 15.9 Å². The predicted octanol–water partition coefficient (Wildman–Crippen LogP) is 3.35. The van der Waals surface area contributed by atoms with E-state index in [0.717, 1.165) is 21.7 Å². The number of thiazole rings is 1. The first-order valence-electron chi connectivity index (χ1n) is 9.63. The van der Waals surface area contributed by atoms with Gasteiger partial charge in [-0.1, -0.05) is 47.2 Å². The molecule has 1 aliphatic rings. The minimum absolute atomic E-state index is 0.0341. The molecule has 7 nitrogen and oxygen atoms in total. The fourth-order valence-corrected chi connectivity index (χ4v) is 4.02. The second-order valence-corrected chi connectivity index (χ2v) is 8.00. The first-order valence-corrected chi connectivity index (χ1v) is 10.8. The fraction of sp³-hybridized carbons (Fsp3) is 0.182. The summed E-state index contributed by atoms with van der Waals surface area (Å²) in [7, 11) is 1.64. The molecule has 0 bridgehead atoms. The smallest absolute Gasteiger partial charge is 0.248 e. The number of aromatic hydroxyl groups is 1. The summed E-state index contributed by atoms with van der Waals surface area (Å²) in [6.45, 7) is 2.90. The molecule has 2 aromatic carbocycles. The summed E-state index contributed by atoms with van der Waals surface area (Å²) in [5.41, 5.74) is 1.74. The highest BCUT2D eigenvalue weighted by Gasteiger charge is 2.15. The van der Waals surface area contributed by atoms with Crippen LogP contribution in [0.4, 0.5) is 5.13 Å². The Bertz CT molecular complexity index is 1300. The van der Waals surface area contributed by atoms with E-state index in [1.54, 1.807) is 7.05 Å². The third-order valence-corrected chi connectivity index (χ3v) is 5.79. The normalized spacial score (nSPS) is 14.7. The lowest BCUT2D eigenvalue weighted by Crippen LogP contribution is -2.27. The van der Waals surface area contributed by atoms with Crippen LogP contribution in [0.2, 0.25) is 5.02 Å². The zero-order valence-electron chi connectivity index (χ0n) is 17.0. The van der Waals surface area contributed by atoms with E-state index in [1.165, 1.54) is 11.3 Å². The molecule has 0 saturated carbocycles. The van der Waals surface area contributed by atoms with Gasteiger partial charge in [-0.25, -0.2) is 4.99 Å². The Balaban J connectivity index is 1.62. The zero-order valence-corrected chi connectivity index (χ0v) is 18.5. The highest BCUT2D eigenvalue weighted by molar-refractivity contribution is 7.16. The van der Waals surface area contributed by atoms with E-state index in [2.05, 4.69) is 25.3 Å². The third-order valence-electron chi connectivity index (χ3n) is 4.47. The van der Waals surface area contributed by atoms with E-state index >= 15 is 0 Å². The van der Waals surface area contributed by atoms with Crippen LogP contribution in [0, 0.1) is 0 Å². The Hall–Kier alpha value is -3.23. The average molecular weight is 454 g/mol. The molecule has 0 fully saturated rings. The van der Waals surface area contributed by atoms with E-state index in [1.807, 2.05) is 55.5 Å². The Kier molecular flexibility index (Phi) is 6.29. The quantitative estimate of drug-likeness (QED) is 0.619. The van der Waals surface area contributed by atoms with E-state index in [9.17, 15) is 5.11 Å². The van der Waals surface area contributed by atoms with Crippen LogP contribution in [0.15, 0.2) is 57.4 Å².